The summed E-state index contributed by atoms with van der Waals surface area (Å²) in [4.78, 5) is 37.9. The Morgan fingerprint density at radius 2 is 1.90 bits per heavy atom. The highest BCUT2D eigenvalue weighted by Crippen LogP contribution is 2.31. The number of benzene rings is 1. The van der Waals surface area contributed by atoms with Crippen molar-refractivity contribution < 1.29 is 48.3 Å². The first-order chi connectivity index (χ1) is 18.6. The lowest BCUT2D eigenvalue weighted by molar-refractivity contribution is -0.155. The van der Waals surface area contributed by atoms with E-state index in [1.165, 1.54) is 6.26 Å². The van der Waals surface area contributed by atoms with Crippen LogP contribution in [-0.4, -0.2) is 84.6 Å². The average Bonchev–Trinajstić information content (AvgIpc) is 3.37. The van der Waals surface area contributed by atoms with Crippen molar-refractivity contribution in [3.05, 3.63) is 53.3 Å². The summed E-state index contributed by atoms with van der Waals surface area (Å²) in [7, 11) is 0. The van der Waals surface area contributed by atoms with Gasteiger partial charge >= 0.3 is 11.9 Å². The molecular formula is C28H37NO10. The fraction of sp³-hybridized carbons (Fsp3) is 0.536. The van der Waals surface area contributed by atoms with Crippen molar-refractivity contribution in [3.8, 4) is 0 Å². The van der Waals surface area contributed by atoms with Crippen molar-refractivity contribution in [1.29, 1.82) is 0 Å². The van der Waals surface area contributed by atoms with Crippen LogP contribution < -0.4 is 5.32 Å². The molecular weight excluding hydrogens is 510 g/mol. The van der Waals surface area contributed by atoms with Gasteiger partial charge in [-0.05, 0) is 57.0 Å². The summed E-state index contributed by atoms with van der Waals surface area (Å²) >= 11 is 0. The van der Waals surface area contributed by atoms with E-state index in [0.717, 1.165) is 5.56 Å². The number of aliphatic hydroxyl groups is 2. The zero-order chi connectivity index (χ0) is 28.4. The van der Waals surface area contributed by atoms with Crippen molar-refractivity contribution in [2.75, 3.05) is 26.6 Å². The van der Waals surface area contributed by atoms with Gasteiger partial charge in [-0.1, -0.05) is 12.1 Å². The molecule has 1 saturated heterocycles. The van der Waals surface area contributed by atoms with Gasteiger partial charge in [0.2, 0.25) is 5.91 Å². The smallest absolute Gasteiger partial charge is 0.338 e. The fourth-order valence-corrected chi connectivity index (χ4v) is 4.08. The number of carbonyl (C=O) groups excluding carboxylic acids is 3. The van der Waals surface area contributed by atoms with Crippen LogP contribution in [0.25, 0.3) is 6.08 Å². The molecule has 1 heterocycles. The van der Waals surface area contributed by atoms with Crippen LogP contribution in [0.3, 0.4) is 0 Å². The third-order valence-electron chi connectivity index (χ3n) is 5.93. The molecule has 0 saturated carbocycles. The number of aliphatic hydroxyl groups excluding tert-OH is 2. The van der Waals surface area contributed by atoms with Crippen LogP contribution >= 0.6 is 0 Å². The zero-order valence-electron chi connectivity index (χ0n) is 22.5. The van der Waals surface area contributed by atoms with Crippen LogP contribution in [0.2, 0.25) is 0 Å². The van der Waals surface area contributed by atoms with E-state index in [9.17, 15) is 19.5 Å². The number of fused-ring (bicyclic) bond motifs is 1. The molecule has 4 atom stereocenters. The summed E-state index contributed by atoms with van der Waals surface area (Å²) in [6, 6.07) is 6.01. The molecule has 3 N–H and O–H groups in total. The Labute approximate surface area is 227 Å². The molecule has 1 amide bonds. The van der Waals surface area contributed by atoms with E-state index in [4.69, 9.17) is 28.8 Å². The Kier molecular flexibility index (Phi) is 11.0. The highest BCUT2D eigenvalue weighted by Gasteiger charge is 2.42. The molecule has 1 aromatic rings. The standard InChI is InChI=1S/C28H37NO10/c1-28(2,3)39-24(32)9-8-21(16-31)29-26(33)20-14-22-25(37-17-36-22)23(15-20)38-27(34)19-6-4-18(5-7-19)10-12-35-13-11-30/h4-7,10,12,14,21-23,25,30-31H,8-9,11,13,15-17H2,1-3H3,(H,29,33)/t21-,22+,23+,25+/m0/s1. The van der Waals surface area contributed by atoms with Gasteiger partial charge in [0.05, 0.1) is 31.1 Å². The third kappa shape index (κ3) is 9.47. The zero-order valence-corrected chi connectivity index (χ0v) is 22.5. The van der Waals surface area contributed by atoms with Crippen molar-refractivity contribution >= 4 is 23.9 Å². The van der Waals surface area contributed by atoms with E-state index in [1.807, 2.05) is 0 Å². The third-order valence-corrected chi connectivity index (χ3v) is 5.93. The topological polar surface area (TPSA) is 150 Å². The molecule has 0 spiro atoms. The molecule has 1 aromatic carbocycles. The van der Waals surface area contributed by atoms with Gasteiger partial charge in [-0.15, -0.1) is 0 Å². The summed E-state index contributed by atoms with van der Waals surface area (Å²) in [6.45, 7) is 5.05. The van der Waals surface area contributed by atoms with Gasteiger partial charge in [-0.3, -0.25) is 9.59 Å². The molecule has 0 bridgehead atoms. The minimum atomic E-state index is -0.767. The number of carbonyl (C=O) groups is 3. The van der Waals surface area contributed by atoms with E-state index in [2.05, 4.69) is 5.32 Å². The highest BCUT2D eigenvalue weighted by molar-refractivity contribution is 5.94. The second-order valence-corrected chi connectivity index (χ2v) is 10.2. The predicted molar refractivity (Wildman–Crippen MR) is 139 cm³/mol. The first-order valence-corrected chi connectivity index (χ1v) is 12.9. The summed E-state index contributed by atoms with van der Waals surface area (Å²) in [5, 5.41) is 21.2. The Balaban J connectivity index is 1.59. The van der Waals surface area contributed by atoms with Crippen LogP contribution in [0, 0.1) is 0 Å². The molecule has 39 heavy (non-hydrogen) atoms. The Hall–Kier alpha value is -3.25. The molecule has 1 fully saturated rings. The van der Waals surface area contributed by atoms with Crippen LogP contribution in [0.5, 0.6) is 0 Å². The van der Waals surface area contributed by atoms with E-state index in [1.54, 1.807) is 57.2 Å². The number of ether oxygens (including phenoxy) is 5. The lowest BCUT2D eigenvalue weighted by Crippen LogP contribution is -2.45. The number of hydrogen-bond donors (Lipinski definition) is 3. The van der Waals surface area contributed by atoms with Gasteiger partial charge in [0.15, 0.2) is 0 Å². The molecule has 0 radical (unpaired) electrons. The minimum absolute atomic E-state index is 0.00329. The normalized spacial score (nSPS) is 21.6. The van der Waals surface area contributed by atoms with Gasteiger partial charge in [0.25, 0.3) is 0 Å². The van der Waals surface area contributed by atoms with Crippen molar-refractivity contribution in [1.82, 2.24) is 5.32 Å². The number of esters is 2. The number of rotatable bonds is 12. The van der Waals surface area contributed by atoms with Crippen molar-refractivity contribution in [2.45, 2.75) is 70.0 Å². The van der Waals surface area contributed by atoms with Crippen LogP contribution in [0.4, 0.5) is 0 Å². The quantitative estimate of drug-likeness (QED) is 0.201. The van der Waals surface area contributed by atoms with Crippen LogP contribution in [-0.2, 0) is 33.3 Å². The molecule has 0 unspecified atom stereocenters. The summed E-state index contributed by atoms with van der Waals surface area (Å²) in [5.41, 5.74) is 0.825. The van der Waals surface area contributed by atoms with E-state index >= 15 is 0 Å². The maximum Gasteiger partial charge on any atom is 0.338 e. The van der Waals surface area contributed by atoms with Gasteiger partial charge in [0.1, 0.15) is 37.3 Å². The van der Waals surface area contributed by atoms with Crippen molar-refractivity contribution in [3.63, 3.8) is 0 Å². The molecule has 11 nitrogen and oxygen atoms in total. The summed E-state index contributed by atoms with van der Waals surface area (Å²) < 4.78 is 27.3. The van der Waals surface area contributed by atoms with Gasteiger partial charge in [-0.25, -0.2) is 4.79 Å². The Morgan fingerprint density at radius 1 is 1.15 bits per heavy atom. The molecule has 11 heteroatoms. The summed E-state index contributed by atoms with van der Waals surface area (Å²) in [6.07, 6.45) is 3.23. The first-order valence-electron chi connectivity index (χ1n) is 12.9. The Morgan fingerprint density at radius 3 is 2.56 bits per heavy atom. The highest BCUT2D eigenvalue weighted by atomic mass is 16.7. The van der Waals surface area contributed by atoms with E-state index in [0.29, 0.717) is 11.1 Å². The minimum Gasteiger partial charge on any atom is -0.499 e. The number of amides is 1. The molecule has 2 aliphatic rings. The SMILES string of the molecule is CC(C)(C)OC(=O)CC[C@@H](CO)NC(=O)C1=C[C@H]2OCO[C@H]2[C@H](OC(=O)c2ccc(C=COCCO)cc2)C1. The second kappa shape index (κ2) is 14.2. The fourth-order valence-electron chi connectivity index (χ4n) is 4.08. The predicted octanol–water partition coefficient (Wildman–Crippen LogP) is 1.86. The maximum absolute atomic E-state index is 13.0. The van der Waals surface area contributed by atoms with Gasteiger partial charge in [0, 0.05) is 18.4 Å². The molecule has 1 aliphatic heterocycles. The number of nitrogens with one attached hydrogen (secondary N) is 1. The average molecular weight is 548 g/mol. The number of hydrogen-bond acceptors (Lipinski definition) is 10. The molecule has 0 aromatic heterocycles. The lowest BCUT2D eigenvalue weighted by atomic mass is 9.91. The van der Waals surface area contributed by atoms with Gasteiger partial charge < -0.3 is 39.2 Å². The maximum atomic E-state index is 13.0. The van der Waals surface area contributed by atoms with Gasteiger partial charge in [-0.2, -0.15) is 0 Å². The van der Waals surface area contributed by atoms with Crippen LogP contribution in [0.1, 0.15) is 56.0 Å². The summed E-state index contributed by atoms with van der Waals surface area (Å²) in [5.74, 6) is -1.45. The molecule has 1 aliphatic carbocycles. The monoisotopic (exact) mass is 547 g/mol. The van der Waals surface area contributed by atoms with Crippen LogP contribution in [0.15, 0.2) is 42.2 Å². The van der Waals surface area contributed by atoms with Crippen molar-refractivity contribution in [2.24, 2.45) is 0 Å². The Bertz CT molecular complexity index is 1040. The van der Waals surface area contributed by atoms with E-state index in [-0.39, 0.29) is 45.9 Å². The first kappa shape index (κ1) is 30.3. The second-order valence-electron chi connectivity index (χ2n) is 10.2. The van der Waals surface area contributed by atoms with E-state index < -0.39 is 47.8 Å². The molecule has 214 valence electrons. The molecule has 3 rings (SSSR count). The largest absolute Gasteiger partial charge is 0.499 e. The lowest BCUT2D eigenvalue weighted by Gasteiger charge is -2.30.